The van der Waals surface area contributed by atoms with Gasteiger partial charge in [0.2, 0.25) is 0 Å². The normalized spacial score (nSPS) is 17.1. The average molecular weight is 222 g/mol. The SMILES string of the molecule is COC(CN)OC(C(=O)O)C(CN)OC. The number of ether oxygens (including phenoxy) is 3. The number of methoxy groups -OCH3 is 2. The van der Waals surface area contributed by atoms with E-state index in [0.717, 1.165) is 0 Å². The van der Waals surface area contributed by atoms with E-state index in [9.17, 15) is 4.79 Å². The fourth-order valence-corrected chi connectivity index (χ4v) is 1.02. The molecule has 7 nitrogen and oxygen atoms in total. The Morgan fingerprint density at radius 2 is 1.87 bits per heavy atom. The third kappa shape index (κ3) is 4.54. The van der Waals surface area contributed by atoms with Crippen molar-refractivity contribution in [3.8, 4) is 0 Å². The number of hydrogen-bond acceptors (Lipinski definition) is 6. The van der Waals surface area contributed by atoms with Gasteiger partial charge >= 0.3 is 5.97 Å². The first-order chi connectivity index (χ1) is 7.10. The summed E-state index contributed by atoms with van der Waals surface area (Å²) in [6.45, 7) is 0.0930. The van der Waals surface area contributed by atoms with Crippen LogP contribution >= 0.6 is 0 Å². The predicted molar refractivity (Wildman–Crippen MR) is 52.2 cm³/mol. The summed E-state index contributed by atoms with van der Waals surface area (Å²) in [5, 5.41) is 8.89. The second-order valence-corrected chi connectivity index (χ2v) is 2.81. The predicted octanol–water partition coefficient (Wildman–Crippen LogP) is -1.64. The molecule has 7 heteroatoms. The lowest BCUT2D eigenvalue weighted by atomic mass is 10.2. The van der Waals surface area contributed by atoms with Crippen LogP contribution in [-0.2, 0) is 19.0 Å². The largest absolute Gasteiger partial charge is 0.479 e. The fourth-order valence-electron chi connectivity index (χ4n) is 1.02. The number of carboxylic acid groups (broad SMARTS) is 1. The van der Waals surface area contributed by atoms with Crippen molar-refractivity contribution in [3.05, 3.63) is 0 Å². The van der Waals surface area contributed by atoms with Crippen LogP contribution in [0.2, 0.25) is 0 Å². The maximum Gasteiger partial charge on any atom is 0.335 e. The van der Waals surface area contributed by atoms with Crippen molar-refractivity contribution in [2.24, 2.45) is 11.5 Å². The van der Waals surface area contributed by atoms with Crippen molar-refractivity contribution in [1.29, 1.82) is 0 Å². The smallest absolute Gasteiger partial charge is 0.335 e. The minimum absolute atomic E-state index is 0.0362. The van der Waals surface area contributed by atoms with Crippen LogP contribution in [0.1, 0.15) is 0 Å². The van der Waals surface area contributed by atoms with Crippen molar-refractivity contribution >= 4 is 5.97 Å². The van der Waals surface area contributed by atoms with Gasteiger partial charge in [-0.05, 0) is 0 Å². The average Bonchev–Trinajstić information content (AvgIpc) is 2.24. The van der Waals surface area contributed by atoms with Gasteiger partial charge in [0.1, 0.15) is 6.10 Å². The molecule has 90 valence electrons. The summed E-state index contributed by atoms with van der Waals surface area (Å²) in [4.78, 5) is 10.9. The molecule has 0 aliphatic rings. The monoisotopic (exact) mass is 222 g/mol. The van der Waals surface area contributed by atoms with Crippen LogP contribution in [0.3, 0.4) is 0 Å². The van der Waals surface area contributed by atoms with Gasteiger partial charge in [0.15, 0.2) is 12.4 Å². The van der Waals surface area contributed by atoms with Crippen LogP contribution in [0.15, 0.2) is 0 Å². The number of rotatable bonds is 8. The van der Waals surface area contributed by atoms with Gasteiger partial charge in [-0.25, -0.2) is 4.79 Å². The van der Waals surface area contributed by atoms with E-state index >= 15 is 0 Å². The molecule has 0 fully saturated rings. The van der Waals surface area contributed by atoms with E-state index in [4.69, 9.17) is 30.8 Å². The molecule has 0 saturated heterocycles. The zero-order valence-corrected chi connectivity index (χ0v) is 8.88. The lowest BCUT2D eigenvalue weighted by Crippen LogP contribution is -2.46. The van der Waals surface area contributed by atoms with Crippen LogP contribution in [0.5, 0.6) is 0 Å². The standard InChI is InChI=1S/C8H18N2O5/c1-13-5(3-9)7(8(11)12)15-6(4-10)14-2/h5-7H,3-4,9-10H2,1-2H3,(H,11,12). The summed E-state index contributed by atoms with van der Waals surface area (Å²) in [7, 11) is 2.74. The Hall–Kier alpha value is -0.730. The summed E-state index contributed by atoms with van der Waals surface area (Å²) in [5.41, 5.74) is 10.6. The lowest BCUT2D eigenvalue weighted by molar-refractivity contribution is -0.196. The summed E-state index contributed by atoms with van der Waals surface area (Å²) < 4.78 is 14.8. The second-order valence-electron chi connectivity index (χ2n) is 2.81. The quantitative estimate of drug-likeness (QED) is 0.422. The van der Waals surface area contributed by atoms with E-state index < -0.39 is 24.5 Å². The van der Waals surface area contributed by atoms with Crippen molar-refractivity contribution < 1.29 is 24.1 Å². The van der Waals surface area contributed by atoms with Crippen molar-refractivity contribution in [1.82, 2.24) is 0 Å². The number of hydrogen-bond donors (Lipinski definition) is 3. The molecule has 15 heavy (non-hydrogen) atoms. The minimum atomic E-state index is -1.19. The first-order valence-electron chi connectivity index (χ1n) is 4.44. The van der Waals surface area contributed by atoms with Crippen LogP contribution in [0, 0.1) is 0 Å². The Labute approximate surface area is 88.3 Å². The number of nitrogens with two attached hydrogens (primary N) is 2. The molecule has 0 amide bonds. The van der Waals surface area contributed by atoms with Gasteiger partial charge in [-0.15, -0.1) is 0 Å². The summed E-state index contributed by atoms with van der Waals surface area (Å²) in [6, 6.07) is 0. The fraction of sp³-hybridized carbons (Fsp3) is 0.875. The molecule has 0 heterocycles. The zero-order valence-electron chi connectivity index (χ0n) is 8.88. The summed E-state index contributed by atoms with van der Waals surface area (Å²) in [5.74, 6) is -1.16. The Morgan fingerprint density at radius 1 is 1.27 bits per heavy atom. The molecular weight excluding hydrogens is 204 g/mol. The Kier molecular flexibility index (Phi) is 7.18. The molecule has 3 unspecified atom stereocenters. The van der Waals surface area contributed by atoms with Gasteiger partial charge in [0.25, 0.3) is 0 Å². The van der Waals surface area contributed by atoms with Gasteiger partial charge < -0.3 is 30.8 Å². The number of aliphatic carboxylic acids is 1. The highest BCUT2D eigenvalue weighted by molar-refractivity contribution is 5.73. The molecule has 0 bridgehead atoms. The van der Waals surface area contributed by atoms with Gasteiger partial charge in [0, 0.05) is 27.3 Å². The third-order valence-corrected chi connectivity index (χ3v) is 1.87. The van der Waals surface area contributed by atoms with Crippen LogP contribution < -0.4 is 11.5 Å². The zero-order chi connectivity index (χ0) is 11.8. The molecule has 0 radical (unpaired) electrons. The van der Waals surface area contributed by atoms with Crippen molar-refractivity contribution in [3.63, 3.8) is 0 Å². The summed E-state index contributed by atoms with van der Waals surface area (Å²) >= 11 is 0. The molecule has 0 rings (SSSR count). The third-order valence-electron chi connectivity index (χ3n) is 1.87. The van der Waals surface area contributed by atoms with E-state index in [2.05, 4.69) is 0 Å². The highest BCUT2D eigenvalue weighted by atomic mass is 16.7. The molecule has 0 aromatic rings. The Bertz CT molecular complexity index is 182. The number of carboxylic acids is 1. The van der Waals surface area contributed by atoms with E-state index in [1.165, 1.54) is 14.2 Å². The van der Waals surface area contributed by atoms with Gasteiger partial charge in [-0.1, -0.05) is 0 Å². The second kappa shape index (κ2) is 7.55. The van der Waals surface area contributed by atoms with E-state index in [0.29, 0.717) is 0 Å². The maximum absolute atomic E-state index is 10.9. The van der Waals surface area contributed by atoms with Gasteiger partial charge in [-0.3, -0.25) is 0 Å². The summed E-state index contributed by atoms with van der Waals surface area (Å²) in [6.07, 6.45) is -2.70. The molecule has 0 spiro atoms. The Morgan fingerprint density at radius 3 is 2.13 bits per heavy atom. The molecule has 0 aliphatic carbocycles. The van der Waals surface area contributed by atoms with Crippen LogP contribution in [0.4, 0.5) is 0 Å². The molecule has 0 saturated carbocycles. The van der Waals surface area contributed by atoms with Crippen LogP contribution in [0.25, 0.3) is 0 Å². The minimum Gasteiger partial charge on any atom is -0.479 e. The Balaban J connectivity index is 4.44. The first kappa shape index (κ1) is 14.3. The van der Waals surface area contributed by atoms with Gasteiger partial charge in [-0.2, -0.15) is 0 Å². The van der Waals surface area contributed by atoms with E-state index in [-0.39, 0.29) is 13.1 Å². The topological polar surface area (TPSA) is 117 Å². The maximum atomic E-state index is 10.9. The molecule has 5 N–H and O–H groups in total. The first-order valence-corrected chi connectivity index (χ1v) is 4.44. The molecule has 0 aliphatic heterocycles. The highest BCUT2D eigenvalue weighted by Gasteiger charge is 2.30. The van der Waals surface area contributed by atoms with Gasteiger partial charge in [0.05, 0.1) is 0 Å². The molecule has 0 aromatic carbocycles. The molecule has 3 atom stereocenters. The van der Waals surface area contributed by atoms with Crippen LogP contribution in [-0.4, -0.2) is 56.9 Å². The van der Waals surface area contributed by atoms with E-state index in [1.807, 2.05) is 0 Å². The highest BCUT2D eigenvalue weighted by Crippen LogP contribution is 2.06. The van der Waals surface area contributed by atoms with Crippen molar-refractivity contribution in [2.45, 2.75) is 18.5 Å². The number of carbonyl (C=O) groups is 1. The molecule has 0 aromatic heterocycles. The molecular formula is C8H18N2O5. The van der Waals surface area contributed by atoms with Crippen molar-refractivity contribution in [2.75, 3.05) is 27.3 Å². The van der Waals surface area contributed by atoms with E-state index in [1.54, 1.807) is 0 Å². The lowest BCUT2D eigenvalue weighted by Gasteiger charge is -2.25.